The van der Waals surface area contributed by atoms with Crippen molar-refractivity contribution in [3.8, 4) is 0 Å². The van der Waals surface area contributed by atoms with E-state index in [0.717, 1.165) is 10.5 Å². The molecule has 74 heavy (non-hydrogen) atoms. The van der Waals surface area contributed by atoms with E-state index >= 15 is 0 Å². The lowest BCUT2D eigenvalue weighted by Gasteiger charge is -2.42. The average Bonchev–Trinajstić information content (AvgIpc) is 3.37. The van der Waals surface area contributed by atoms with E-state index in [1.807, 2.05) is 58.1 Å². The SMILES string of the molecule is COC1CC2CCC(C)C(O)(O2)C(=O)C(=O)N2CCCCC2C(=O)OC(C(C)CC2CCC(OC(=O)C(C)(CO)CO)C(OC)C2)CC(=O)C(C)/C=C(\C)C(O)C(OC)C(=O)C(C)CC(C)(C)/C=C/C=CC=C1C. The summed E-state index contributed by atoms with van der Waals surface area (Å²) in [7, 11) is 4.43. The number of amides is 1. The van der Waals surface area contributed by atoms with Crippen molar-refractivity contribution < 1.29 is 77.6 Å². The quantitative estimate of drug-likeness (QED) is 0.110. The molecule has 17 heteroatoms. The molecule has 418 valence electrons. The van der Waals surface area contributed by atoms with Crippen LogP contribution in [0.3, 0.4) is 0 Å². The molecule has 4 aliphatic rings. The molecule has 0 aromatic heterocycles. The zero-order valence-electron chi connectivity index (χ0n) is 46.2. The predicted octanol–water partition coefficient (Wildman–Crippen LogP) is 6.11. The maximum Gasteiger partial charge on any atom is 0.329 e. The maximum atomic E-state index is 14.6. The van der Waals surface area contributed by atoms with Crippen LogP contribution < -0.4 is 0 Å². The van der Waals surface area contributed by atoms with E-state index in [4.69, 9.17) is 28.4 Å². The Morgan fingerprint density at radius 3 is 2.20 bits per heavy atom. The van der Waals surface area contributed by atoms with Crippen LogP contribution in [-0.2, 0) is 57.2 Å². The second kappa shape index (κ2) is 27.9. The molecule has 14 atom stereocenters. The van der Waals surface area contributed by atoms with E-state index in [-0.39, 0.29) is 43.3 Å². The number of fused-ring (bicyclic) bond motifs is 3. The Labute approximate surface area is 439 Å². The van der Waals surface area contributed by atoms with Crippen LogP contribution in [0.25, 0.3) is 0 Å². The van der Waals surface area contributed by atoms with Crippen molar-refractivity contribution in [2.75, 3.05) is 41.1 Å². The first-order valence-corrected chi connectivity index (χ1v) is 26.7. The summed E-state index contributed by atoms with van der Waals surface area (Å²) in [5.41, 5.74) is -0.712. The van der Waals surface area contributed by atoms with Gasteiger partial charge in [-0.1, -0.05) is 78.0 Å². The number of hydrogen-bond donors (Lipinski definition) is 4. The summed E-state index contributed by atoms with van der Waals surface area (Å²) < 4.78 is 35.5. The molecule has 2 bridgehead atoms. The molecule has 3 fully saturated rings. The van der Waals surface area contributed by atoms with Crippen molar-refractivity contribution in [2.24, 2.45) is 40.4 Å². The van der Waals surface area contributed by atoms with Crippen molar-refractivity contribution in [1.82, 2.24) is 4.90 Å². The number of allylic oxidation sites excluding steroid dienone is 6. The minimum atomic E-state index is -2.47. The lowest BCUT2D eigenvalue weighted by molar-refractivity contribution is -0.265. The van der Waals surface area contributed by atoms with Crippen molar-refractivity contribution in [3.05, 3.63) is 47.6 Å². The molecule has 14 unspecified atom stereocenters. The molecule has 0 radical (unpaired) electrons. The molecule has 2 saturated heterocycles. The minimum absolute atomic E-state index is 0.0408. The first-order valence-electron chi connectivity index (χ1n) is 26.7. The number of ether oxygens (including phenoxy) is 6. The van der Waals surface area contributed by atoms with Gasteiger partial charge in [0.1, 0.15) is 41.7 Å². The Balaban J connectivity index is 1.71. The molecule has 1 saturated carbocycles. The van der Waals surface area contributed by atoms with Crippen molar-refractivity contribution in [3.63, 3.8) is 0 Å². The van der Waals surface area contributed by atoms with Crippen LogP contribution in [-0.4, -0.2) is 156 Å². The van der Waals surface area contributed by atoms with E-state index in [1.165, 1.54) is 21.1 Å². The van der Waals surface area contributed by atoms with Crippen molar-refractivity contribution in [2.45, 2.75) is 194 Å². The number of Topliss-reactive ketones (excluding diaryl/α,β-unsaturated/α-hetero) is 3. The van der Waals surface area contributed by atoms with Gasteiger partial charge in [0, 0.05) is 58.5 Å². The normalized spacial score (nSPS) is 35.7. The minimum Gasteiger partial charge on any atom is -0.460 e. The molecule has 4 N–H and O–H groups in total. The first kappa shape index (κ1) is 62.6. The van der Waals surface area contributed by atoms with Gasteiger partial charge in [0.25, 0.3) is 11.7 Å². The van der Waals surface area contributed by atoms with E-state index < -0.39 is 126 Å². The molecule has 3 aliphatic heterocycles. The van der Waals surface area contributed by atoms with Gasteiger partial charge in [-0.05, 0) is 113 Å². The smallest absolute Gasteiger partial charge is 0.329 e. The zero-order chi connectivity index (χ0) is 55.3. The Morgan fingerprint density at radius 1 is 0.878 bits per heavy atom. The monoisotopic (exact) mass is 1040 g/mol. The van der Waals surface area contributed by atoms with E-state index in [0.29, 0.717) is 63.4 Å². The Kier molecular flexibility index (Phi) is 23.6. The highest BCUT2D eigenvalue weighted by Crippen LogP contribution is 2.39. The second-order valence-corrected chi connectivity index (χ2v) is 22.8. The summed E-state index contributed by atoms with van der Waals surface area (Å²) in [6.07, 6.45) is 9.70. The molecular weight excluding hydrogens is 955 g/mol. The van der Waals surface area contributed by atoms with Crippen LogP contribution in [0.4, 0.5) is 0 Å². The summed E-state index contributed by atoms with van der Waals surface area (Å²) in [5.74, 6) is -9.42. The molecule has 0 aromatic carbocycles. The number of aliphatic hydroxyl groups is 4. The highest BCUT2D eigenvalue weighted by atomic mass is 16.6. The Morgan fingerprint density at radius 2 is 1.57 bits per heavy atom. The van der Waals surface area contributed by atoms with Gasteiger partial charge in [0.2, 0.25) is 5.79 Å². The zero-order valence-corrected chi connectivity index (χ0v) is 46.2. The standard InChI is InChI=1S/C57H89NO16/c1-34-18-14-13-16-24-55(7,8)31-38(5)49(63)50(71-12)48(62)37(4)26-35(2)43(61)30-46(36(3)27-40-21-23-44(47(28-40)70-11)73-54(67)56(9,32-59)33-60)72-53(66)42-19-15-17-25-58(42)52(65)51(64)57(68)39(6)20-22-41(74-57)29-45(34)69-10/h13-14,16,18,24,26,35-36,38-42,44-48,50,59-60,62,68H,15,17,19-23,25,27-33H2,1-12H3/b14-13?,24-16+,34-18?,37-26+. The van der Waals surface area contributed by atoms with Crippen molar-refractivity contribution in [1.29, 1.82) is 0 Å². The van der Waals surface area contributed by atoms with Crippen LogP contribution >= 0.6 is 0 Å². The summed E-state index contributed by atoms with van der Waals surface area (Å²) in [5, 5.41) is 43.2. The van der Waals surface area contributed by atoms with Gasteiger partial charge in [0.05, 0.1) is 31.5 Å². The van der Waals surface area contributed by atoms with E-state index in [9.17, 15) is 49.2 Å². The van der Waals surface area contributed by atoms with Crippen LogP contribution in [0.1, 0.15) is 139 Å². The maximum absolute atomic E-state index is 14.6. The number of methoxy groups -OCH3 is 3. The summed E-state index contributed by atoms with van der Waals surface area (Å²) >= 11 is 0. The van der Waals surface area contributed by atoms with Gasteiger partial charge in [-0.3, -0.25) is 24.0 Å². The number of cyclic esters (lactones) is 1. The number of piperidine rings is 1. The summed E-state index contributed by atoms with van der Waals surface area (Å²) in [6, 6.07) is -1.20. The number of aliphatic hydroxyl groups excluding tert-OH is 3. The molecule has 3 heterocycles. The van der Waals surface area contributed by atoms with E-state index in [2.05, 4.69) is 0 Å². The van der Waals surface area contributed by atoms with Crippen LogP contribution in [0, 0.1) is 40.4 Å². The Bertz CT molecular complexity index is 2060. The number of carbonyl (C=O) groups is 6. The first-order chi connectivity index (χ1) is 34.8. The van der Waals surface area contributed by atoms with Crippen LogP contribution in [0.5, 0.6) is 0 Å². The topological polar surface area (TPSA) is 242 Å². The fourth-order valence-corrected chi connectivity index (χ4v) is 11.0. The van der Waals surface area contributed by atoms with Gasteiger partial charge in [-0.2, -0.15) is 0 Å². The third-order valence-corrected chi connectivity index (χ3v) is 16.1. The molecule has 1 amide bonds. The van der Waals surface area contributed by atoms with Gasteiger partial charge < -0.3 is 53.7 Å². The van der Waals surface area contributed by atoms with Gasteiger partial charge >= 0.3 is 11.9 Å². The van der Waals surface area contributed by atoms with E-state index in [1.54, 1.807) is 40.9 Å². The fourth-order valence-electron chi connectivity index (χ4n) is 11.0. The number of carbonyl (C=O) groups excluding carboxylic acids is 6. The van der Waals surface area contributed by atoms with Gasteiger partial charge in [-0.25, -0.2) is 4.79 Å². The third kappa shape index (κ3) is 16.1. The summed E-state index contributed by atoms with van der Waals surface area (Å²) in [4.78, 5) is 85.6. The number of rotatable bonds is 10. The van der Waals surface area contributed by atoms with Crippen LogP contribution in [0.2, 0.25) is 0 Å². The number of nitrogens with zero attached hydrogens (tertiary/aromatic N) is 1. The number of hydrogen-bond acceptors (Lipinski definition) is 16. The highest BCUT2D eigenvalue weighted by Gasteiger charge is 2.53. The largest absolute Gasteiger partial charge is 0.460 e. The van der Waals surface area contributed by atoms with Gasteiger partial charge in [-0.15, -0.1) is 0 Å². The average molecular weight is 1040 g/mol. The molecule has 4 rings (SSSR count). The fraction of sp³-hybridized carbons (Fsp3) is 0.754. The van der Waals surface area contributed by atoms with Crippen LogP contribution in [0.15, 0.2) is 47.6 Å². The molecule has 1 aliphatic carbocycles. The molecule has 0 spiro atoms. The Hall–Kier alpha value is -3.94. The second-order valence-electron chi connectivity index (χ2n) is 22.8. The highest BCUT2D eigenvalue weighted by molar-refractivity contribution is 6.39. The lowest BCUT2D eigenvalue weighted by Crippen LogP contribution is -2.61. The lowest BCUT2D eigenvalue weighted by atomic mass is 9.78. The molecular formula is C57H89NO16. The molecule has 17 nitrogen and oxygen atoms in total. The number of esters is 2. The number of ketones is 3. The van der Waals surface area contributed by atoms with Crippen molar-refractivity contribution >= 4 is 35.2 Å². The summed E-state index contributed by atoms with van der Waals surface area (Å²) in [6.45, 7) is 14.8. The third-order valence-electron chi connectivity index (χ3n) is 16.1. The molecule has 0 aromatic rings. The predicted molar refractivity (Wildman–Crippen MR) is 276 cm³/mol. The van der Waals surface area contributed by atoms with Gasteiger partial charge in [0.15, 0.2) is 5.78 Å².